The van der Waals surface area contributed by atoms with Gasteiger partial charge in [-0.05, 0) is 36.4 Å². The summed E-state index contributed by atoms with van der Waals surface area (Å²) < 4.78 is 61.0. The smallest absolute Gasteiger partial charge is 0.195 e. The number of nitrogens with one attached hydrogen (secondary N) is 1. The molecule has 12 heteroatoms. The first-order valence-electron chi connectivity index (χ1n) is 11.4. The number of para-hydroxylation sites is 1. The number of H-pyrrole nitrogens is 1. The van der Waals surface area contributed by atoms with Crippen molar-refractivity contribution in [1.29, 1.82) is 0 Å². The number of hydrogen-bond acceptors (Lipinski definition) is 9. The number of aromatic nitrogens is 4. The molecule has 2 aromatic carbocycles. The standard InChI is InChI=1S/C26H22N4O6S2/c1-3-38(33,34)25-12-11-17(16-28-25)35-22-14-19-20(30-26(29-19)18-8-6-7-13-27-18)15-23(22)36-21-9-4-5-10-24(21)37(2,31)32/h4-16H,3H2,1-2H3,(H,29,30). The lowest BCUT2D eigenvalue weighted by atomic mass is 10.2. The number of rotatable bonds is 8. The molecule has 0 bridgehead atoms. The Kier molecular flexibility index (Phi) is 6.59. The molecule has 0 saturated heterocycles. The Morgan fingerprint density at radius 3 is 2.29 bits per heavy atom. The topological polar surface area (TPSA) is 141 Å². The molecule has 0 spiro atoms. The highest BCUT2D eigenvalue weighted by molar-refractivity contribution is 7.91. The third kappa shape index (κ3) is 5.22. The minimum Gasteiger partial charge on any atom is -0.452 e. The van der Waals surface area contributed by atoms with Gasteiger partial charge in [0.05, 0.1) is 23.0 Å². The van der Waals surface area contributed by atoms with Gasteiger partial charge in [0.1, 0.15) is 22.1 Å². The number of nitrogens with zero attached hydrogens (tertiary/aromatic N) is 3. The summed E-state index contributed by atoms with van der Waals surface area (Å²) in [6, 6.07) is 17.8. The van der Waals surface area contributed by atoms with E-state index in [1.807, 2.05) is 12.1 Å². The Balaban J connectivity index is 1.60. The van der Waals surface area contributed by atoms with Crippen LogP contribution in [0.2, 0.25) is 0 Å². The summed E-state index contributed by atoms with van der Waals surface area (Å²) >= 11 is 0. The molecule has 3 aromatic heterocycles. The van der Waals surface area contributed by atoms with Crippen LogP contribution in [0.1, 0.15) is 6.92 Å². The highest BCUT2D eigenvalue weighted by atomic mass is 32.2. The monoisotopic (exact) mass is 550 g/mol. The van der Waals surface area contributed by atoms with Crippen molar-refractivity contribution in [2.24, 2.45) is 0 Å². The van der Waals surface area contributed by atoms with E-state index in [1.54, 1.807) is 42.6 Å². The molecule has 3 heterocycles. The molecule has 5 aromatic rings. The molecule has 0 aliphatic rings. The molecule has 0 saturated carbocycles. The van der Waals surface area contributed by atoms with Crippen LogP contribution >= 0.6 is 0 Å². The minimum absolute atomic E-state index is 0.0121. The first-order valence-corrected chi connectivity index (χ1v) is 15.0. The van der Waals surface area contributed by atoms with Gasteiger partial charge >= 0.3 is 0 Å². The van der Waals surface area contributed by atoms with Crippen molar-refractivity contribution in [3.63, 3.8) is 0 Å². The van der Waals surface area contributed by atoms with E-state index >= 15 is 0 Å². The van der Waals surface area contributed by atoms with E-state index in [1.165, 1.54) is 31.3 Å². The zero-order valence-electron chi connectivity index (χ0n) is 20.3. The summed E-state index contributed by atoms with van der Waals surface area (Å²) in [6.07, 6.45) is 4.05. The van der Waals surface area contributed by atoms with Crippen LogP contribution < -0.4 is 9.47 Å². The third-order valence-corrected chi connectivity index (χ3v) is 8.33. The molecule has 0 aliphatic heterocycles. The maximum absolute atomic E-state index is 12.3. The molecule has 5 rings (SSSR count). The SMILES string of the molecule is CCS(=O)(=O)c1ccc(Oc2cc3[nH]c(-c4ccccn4)nc3cc2Oc2ccccc2S(C)(=O)=O)cn1. The fourth-order valence-electron chi connectivity index (χ4n) is 3.65. The van der Waals surface area contributed by atoms with Crippen LogP contribution in [0.15, 0.2) is 89.0 Å². The van der Waals surface area contributed by atoms with E-state index < -0.39 is 19.7 Å². The molecule has 0 atom stereocenters. The van der Waals surface area contributed by atoms with Crippen LogP contribution in [-0.2, 0) is 19.7 Å². The van der Waals surface area contributed by atoms with Gasteiger partial charge < -0.3 is 14.5 Å². The van der Waals surface area contributed by atoms with Gasteiger partial charge in [-0.15, -0.1) is 0 Å². The summed E-state index contributed by atoms with van der Waals surface area (Å²) in [4.78, 5) is 16.2. The van der Waals surface area contributed by atoms with Crippen molar-refractivity contribution in [2.75, 3.05) is 12.0 Å². The second kappa shape index (κ2) is 9.88. The van der Waals surface area contributed by atoms with E-state index in [0.29, 0.717) is 22.6 Å². The van der Waals surface area contributed by atoms with Crippen molar-refractivity contribution in [3.8, 4) is 34.5 Å². The maximum Gasteiger partial charge on any atom is 0.195 e. The summed E-state index contributed by atoms with van der Waals surface area (Å²) in [5.74, 6) is 1.23. The van der Waals surface area contributed by atoms with Gasteiger partial charge in [-0.25, -0.2) is 26.8 Å². The predicted octanol–water partition coefficient (Wildman–Crippen LogP) is 4.80. The summed E-state index contributed by atoms with van der Waals surface area (Å²) in [7, 11) is -7.06. The molecule has 0 fully saturated rings. The molecular formula is C26H22N4O6S2. The predicted molar refractivity (Wildman–Crippen MR) is 141 cm³/mol. The van der Waals surface area contributed by atoms with Gasteiger partial charge in [-0.1, -0.05) is 25.1 Å². The molecule has 194 valence electrons. The van der Waals surface area contributed by atoms with Crippen LogP contribution in [0.3, 0.4) is 0 Å². The van der Waals surface area contributed by atoms with Gasteiger partial charge in [0.2, 0.25) is 0 Å². The number of ether oxygens (including phenoxy) is 2. The van der Waals surface area contributed by atoms with Crippen LogP contribution in [0.4, 0.5) is 0 Å². The lowest BCUT2D eigenvalue weighted by Crippen LogP contribution is -2.05. The van der Waals surface area contributed by atoms with Crippen molar-refractivity contribution in [2.45, 2.75) is 16.8 Å². The molecule has 0 radical (unpaired) electrons. The number of pyridine rings is 2. The zero-order valence-corrected chi connectivity index (χ0v) is 22.0. The first kappa shape index (κ1) is 25.4. The molecule has 0 amide bonds. The Labute approximate surface area is 219 Å². The number of aromatic amines is 1. The van der Waals surface area contributed by atoms with E-state index in [4.69, 9.17) is 9.47 Å². The number of benzene rings is 2. The van der Waals surface area contributed by atoms with E-state index in [0.717, 1.165) is 6.26 Å². The Morgan fingerprint density at radius 1 is 0.842 bits per heavy atom. The molecule has 38 heavy (non-hydrogen) atoms. The first-order chi connectivity index (χ1) is 18.1. The van der Waals surface area contributed by atoms with E-state index in [9.17, 15) is 16.8 Å². The van der Waals surface area contributed by atoms with Crippen LogP contribution in [0.25, 0.3) is 22.6 Å². The lowest BCUT2D eigenvalue weighted by molar-refractivity contribution is 0.412. The zero-order chi connectivity index (χ0) is 26.9. The number of hydrogen-bond donors (Lipinski definition) is 1. The average molecular weight is 551 g/mol. The maximum atomic E-state index is 12.3. The van der Waals surface area contributed by atoms with Gasteiger partial charge in [0.25, 0.3) is 0 Å². The van der Waals surface area contributed by atoms with Crippen molar-refractivity contribution in [3.05, 3.63) is 79.1 Å². The fourth-order valence-corrected chi connectivity index (χ4v) is 5.23. The van der Waals surface area contributed by atoms with Gasteiger partial charge in [0, 0.05) is 24.6 Å². The van der Waals surface area contributed by atoms with Crippen LogP contribution in [-0.4, -0.2) is 48.8 Å². The summed E-state index contributed by atoms with van der Waals surface area (Å²) in [6.45, 7) is 1.54. The minimum atomic E-state index is -3.58. The van der Waals surface area contributed by atoms with Crippen molar-refractivity contribution < 1.29 is 26.3 Å². The van der Waals surface area contributed by atoms with Crippen molar-refractivity contribution >= 4 is 30.7 Å². The average Bonchev–Trinajstić information content (AvgIpc) is 3.32. The van der Waals surface area contributed by atoms with Crippen LogP contribution in [0, 0.1) is 0 Å². The highest BCUT2D eigenvalue weighted by Gasteiger charge is 2.19. The third-order valence-electron chi connectivity index (χ3n) is 5.56. The van der Waals surface area contributed by atoms with Crippen LogP contribution in [0.5, 0.6) is 23.0 Å². The van der Waals surface area contributed by atoms with E-state index in [-0.39, 0.29) is 38.7 Å². The summed E-state index contributed by atoms with van der Waals surface area (Å²) in [5.41, 5.74) is 1.78. The van der Waals surface area contributed by atoms with Gasteiger partial charge in [-0.3, -0.25) is 4.98 Å². The molecule has 0 aliphatic carbocycles. The molecule has 10 nitrogen and oxygen atoms in total. The number of imidazole rings is 1. The normalized spacial score (nSPS) is 11.9. The second-order valence-electron chi connectivity index (χ2n) is 8.28. The van der Waals surface area contributed by atoms with Gasteiger partial charge in [-0.2, -0.15) is 0 Å². The fraction of sp³-hybridized carbons (Fsp3) is 0.115. The number of fused-ring (bicyclic) bond motifs is 1. The second-order valence-corrected chi connectivity index (χ2v) is 12.5. The molecule has 0 unspecified atom stereocenters. The van der Waals surface area contributed by atoms with Gasteiger partial charge in [0.15, 0.2) is 42.0 Å². The van der Waals surface area contributed by atoms with Crippen molar-refractivity contribution in [1.82, 2.24) is 19.9 Å². The Hall–Kier alpha value is -4.29. The summed E-state index contributed by atoms with van der Waals surface area (Å²) in [5, 5.41) is -0.0603. The Morgan fingerprint density at radius 2 is 1.61 bits per heavy atom. The molecule has 1 N–H and O–H groups in total. The Bertz CT molecular complexity index is 1840. The highest BCUT2D eigenvalue weighted by Crippen LogP contribution is 2.40. The van der Waals surface area contributed by atoms with E-state index in [2.05, 4.69) is 19.9 Å². The molecular weight excluding hydrogens is 528 g/mol. The quantitative estimate of drug-likeness (QED) is 0.288. The lowest BCUT2D eigenvalue weighted by Gasteiger charge is -2.14. The largest absolute Gasteiger partial charge is 0.452 e. The number of sulfone groups is 2.